The Morgan fingerprint density at radius 1 is 0.857 bits per heavy atom. The highest BCUT2D eigenvalue weighted by Crippen LogP contribution is 2.39. The molecule has 1 aliphatic rings. The minimum absolute atomic E-state index is 0.0668. The number of carbonyl (C=O) groups excluding carboxylic acids is 2. The summed E-state index contributed by atoms with van der Waals surface area (Å²) < 4.78 is 6.86. The van der Waals surface area contributed by atoms with Gasteiger partial charge in [-0.1, -0.05) is 53.5 Å². The van der Waals surface area contributed by atoms with Crippen molar-refractivity contribution in [2.75, 3.05) is 0 Å². The minimum atomic E-state index is -0.400. The highest BCUT2D eigenvalue weighted by molar-refractivity contribution is 7.19. The van der Waals surface area contributed by atoms with Crippen molar-refractivity contribution in [3.63, 3.8) is 0 Å². The van der Waals surface area contributed by atoms with Gasteiger partial charge in [0, 0.05) is 16.5 Å². The SMILES string of the molecule is O=C1C(=Cc2cc3oc(-c4ccccc4)cc3s2)C(=O)c2c(Cl)ccc(Cl)c21. The second-order valence-corrected chi connectivity index (χ2v) is 8.28. The number of fused-ring (bicyclic) bond motifs is 2. The van der Waals surface area contributed by atoms with Gasteiger partial charge in [-0.25, -0.2) is 0 Å². The number of hydrogen-bond acceptors (Lipinski definition) is 4. The van der Waals surface area contributed by atoms with Gasteiger partial charge in [0.1, 0.15) is 11.3 Å². The van der Waals surface area contributed by atoms with E-state index >= 15 is 0 Å². The molecule has 1 aliphatic carbocycles. The summed E-state index contributed by atoms with van der Waals surface area (Å²) in [5, 5.41) is 0.460. The van der Waals surface area contributed by atoms with Crippen molar-refractivity contribution in [1.82, 2.24) is 0 Å². The maximum Gasteiger partial charge on any atom is 0.199 e. The fourth-order valence-corrected chi connectivity index (χ4v) is 4.76. The van der Waals surface area contributed by atoms with E-state index < -0.39 is 11.6 Å². The average molecular weight is 425 g/mol. The first kappa shape index (κ1) is 17.4. The maximum absolute atomic E-state index is 12.7. The largest absolute Gasteiger partial charge is 0.455 e. The summed E-state index contributed by atoms with van der Waals surface area (Å²) in [5.74, 6) is -0.0231. The summed E-state index contributed by atoms with van der Waals surface area (Å²) >= 11 is 13.7. The number of benzene rings is 2. The summed E-state index contributed by atoms with van der Waals surface area (Å²) in [7, 11) is 0. The van der Waals surface area contributed by atoms with Crippen LogP contribution in [-0.4, -0.2) is 11.6 Å². The normalized spacial score (nSPS) is 13.4. The molecule has 0 saturated carbocycles. The number of Topliss-reactive ketones (excluding diaryl/α,β-unsaturated/α-hetero) is 2. The summed E-state index contributed by atoms with van der Waals surface area (Å²) in [5.41, 5.74) is 2.13. The molecule has 0 unspecified atom stereocenters. The molecule has 0 atom stereocenters. The molecular formula is C22H10Cl2O3S. The second-order valence-electron chi connectivity index (χ2n) is 6.35. The molecule has 5 rings (SSSR count). The highest BCUT2D eigenvalue weighted by Gasteiger charge is 2.37. The summed E-state index contributed by atoms with van der Waals surface area (Å²) in [6.07, 6.45) is 1.58. The van der Waals surface area contributed by atoms with Gasteiger partial charge in [-0.3, -0.25) is 9.59 Å². The monoisotopic (exact) mass is 424 g/mol. The summed E-state index contributed by atoms with van der Waals surface area (Å²) in [6.45, 7) is 0. The molecule has 136 valence electrons. The summed E-state index contributed by atoms with van der Waals surface area (Å²) in [4.78, 5) is 26.2. The molecule has 0 N–H and O–H groups in total. The van der Waals surface area contributed by atoms with E-state index in [2.05, 4.69) is 0 Å². The van der Waals surface area contributed by atoms with Gasteiger partial charge >= 0.3 is 0 Å². The number of rotatable bonds is 2. The molecule has 0 saturated heterocycles. The van der Waals surface area contributed by atoms with Gasteiger partial charge < -0.3 is 4.42 Å². The number of ketones is 2. The van der Waals surface area contributed by atoms with E-state index in [9.17, 15) is 9.59 Å². The zero-order chi connectivity index (χ0) is 19.4. The van der Waals surface area contributed by atoms with Crippen molar-refractivity contribution < 1.29 is 14.0 Å². The molecule has 0 radical (unpaired) electrons. The van der Waals surface area contributed by atoms with Crippen molar-refractivity contribution in [2.24, 2.45) is 0 Å². The minimum Gasteiger partial charge on any atom is -0.455 e. The van der Waals surface area contributed by atoms with E-state index in [4.69, 9.17) is 27.6 Å². The highest BCUT2D eigenvalue weighted by atomic mass is 35.5. The molecule has 0 aliphatic heterocycles. The number of hydrogen-bond donors (Lipinski definition) is 0. The number of allylic oxidation sites excluding steroid dienone is 1. The van der Waals surface area contributed by atoms with Crippen molar-refractivity contribution in [2.45, 2.75) is 0 Å². The number of thiophene rings is 1. The van der Waals surface area contributed by atoms with Crippen LogP contribution in [0.1, 0.15) is 25.6 Å². The van der Waals surface area contributed by atoms with E-state index in [0.29, 0.717) is 5.58 Å². The van der Waals surface area contributed by atoms with Crippen LogP contribution in [0, 0.1) is 0 Å². The van der Waals surface area contributed by atoms with Crippen molar-refractivity contribution >= 4 is 62.5 Å². The topological polar surface area (TPSA) is 47.3 Å². The molecule has 0 bridgehead atoms. The summed E-state index contributed by atoms with van der Waals surface area (Å²) in [6, 6.07) is 16.6. The maximum atomic E-state index is 12.7. The molecule has 2 heterocycles. The predicted octanol–water partition coefficient (Wildman–Crippen LogP) is 6.93. The van der Waals surface area contributed by atoms with E-state index in [1.165, 1.54) is 23.5 Å². The molecule has 6 heteroatoms. The Labute approximate surface area is 173 Å². The quantitative estimate of drug-likeness (QED) is 0.258. The molecule has 28 heavy (non-hydrogen) atoms. The van der Waals surface area contributed by atoms with Gasteiger partial charge in [0.05, 0.1) is 31.4 Å². The molecule has 2 aromatic carbocycles. The lowest BCUT2D eigenvalue weighted by molar-refractivity contribution is 0.0990. The average Bonchev–Trinajstić information content (AvgIpc) is 3.32. The molecule has 2 aromatic heterocycles. The molecule has 0 amide bonds. The molecule has 0 fully saturated rings. The Balaban J connectivity index is 1.55. The van der Waals surface area contributed by atoms with Crippen LogP contribution in [0.2, 0.25) is 10.0 Å². The Morgan fingerprint density at radius 2 is 1.50 bits per heavy atom. The lowest BCUT2D eigenvalue weighted by atomic mass is 10.1. The third-order valence-electron chi connectivity index (χ3n) is 4.62. The third kappa shape index (κ3) is 2.65. The van der Waals surface area contributed by atoms with E-state index in [-0.39, 0.29) is 26.7 Å². The van der Waals surface area contributed by atoms with Crippen LogP contribution >= 0.6 is 34.5 Å². The number of carbonyl (C=O) groups is 2. The van der Waals surface area contributed by atoms with Gasteiger partial charge in [-0.2, -0.15) is 0 Å². The fourth-order valence-electron chi connectivity index (χ4n) is 3.31. The molecule has 3 nitrogen and oxygen atoms in total. The van der Waals surface area contributed by atoms with Crippen LogP contribution < -0.4 is 0 Å². The fraction of sp³-hybridized carbons (Fsp3) is 0. The van der Waals surface area contributed by atoms with Gasteiger partial charge in [-0.05, 0) is 24.3 Å². The first-order chi connectivity index (χ1) is 13.5. The predicted molar refractivity (Wildman–Crippen MR) is 113 cm³/mol. The van der Waals surface area contributed by atoms with Crippen LogP contribution in [-0.2, 0) is 0 Å². The van der Waals surface area contributed by atoms with Gasteiger partial charge in [0.15, 0.2) is 11.6 Å². The van der Waals surface area contributed by atoms with Crippen LogP contribution in [0.4, 0.5) is 0 Å². The first-order valence-corrected chi connectivity index (χ1v) is 9.98. The second kappa shape index (κ2) is 6.45. The van der Waals surface area contributed by atoms with Gasteiger partial charge in [0.25, 0.3) is 0 Å². The van der Waals surface area contributed by atoms with E-state index in [1.807, 2.05) is 42.5 Å². The zero-order valence-corrected chi connectivity index (χ0v) is 16.5. The zero-order valence-electron chi connectivity index (χ0n) is 14.2. The van der Waals surface area contributed by atoms with Crippen LogP contribution in [0.25, 0.3) is 27.7 Å². The van der Waals surface area contributed by atoms with Gasteiger partial charge in [-0.15, -0.1) is 11.3 Å². The Bertz CT molecular complexity index is 1240. The Morgan fingerprint density at radius 3 is 2.11 bits per heavy atom. The lowest BCUT2D eigenvalue weighted by Crippen LogP contribution is -2.00. The lowest BCUT2D eigenvalue weighted by Gasteiger charge is -2.00. The van der Waals surface area contributed by atoms with Crippen molar-refractivity contribution in [3.05, 3.63) is 86.2 Å². The molecular weight excluding hydrogens is 415 g/mol. The van der Waals surface area contributed by atoms with Crippen LogP contribution in [0.15, 0.2) is 64.6 Å². The Kier molecular flexibility index (Phi) is 4.02. The smallest absolute Gasteiger partial charge is 0.199 e. The van der Waals surface area contributed by atoms with E-state index in [1.54, 1.807) is 6.08 Å². The first-order valence-electron chi connectivity index (χ1n) is 8.41. The number of furan rings is 1. The molecule has 4 aromatic rings. The van der Waals surface area contributed by atoms with Gasteiger partial charge in [0.2, 0.25) is 0 Å². The van der Waals surface area contributed by atoms with Crippen LogP contribution in [0.5, 0.6) is 0 Å². The van der Waals surface area contributed by atoms with Crippen molar-refractivity contribution in [1.29, 1.82) is 0 Å². The standard InChI is InChI=1S/C22H10Cl2O3S/c23-14-6-7-15(24)20-19(14)21(25)13(22(20)26)8-12-9-17-18(28-12)10-16(27-17)11-4-2-1-3-5-11/h1-10H. The van der Waals surface area contributed by atoms with E-state index in [0.717, 1.165) is 20.9 Å². The van der Waals surface area contributed by atoms with Crippen LogP contribution in [0.3, 0.4) is 0 Å². The third-order valence-corrected chi connectivity index (χ3v) is 6.26. The molecule has 0 spiro atoms. The number of halogens is 2. The Hall–Kier alpha value is -2.66. The van der Waals surface area contributed by atoms with Crippen molar-refractivity contribution in [3.8, 4) is 11.3 Å².